The number of urea groups is 1. The Hall–Kier alpha value is -2.54. The number of carboxylic acid groups (broad SMARTS) is 1. The summed E-state index contributed by atoms with van der Waals surface area (Å²) in [6.07, 6.45) is 0. The minimum Gasteiger partial charge on any atom is -0.481 e. The Kier molecular flexibility index (Phi) is 5.46. The molecule has 2 N–H and O–H groups in total. The predicted octanol–water partition coefficient (Wildman–Crippen LogP) is 3.02. The molecule has 1 aromatic heterocycles. The van der Waals surface area contributed by atoms with Crippen LogP contribution < -0.4 is 5.32 Å². The fraction of sp³-hybridized carbons (Fsp3) is 0.312. The molecule has 0 aliphatic rings. The summed E-state index contributed by atoms with van der Waals surface area (Å²) in [7, 11) is 1.54. The van der Waals surface area contributed by atoms with Crippen LogP contribution in [0.4, 0.5) is 10.6 Å². The number of nitrogens with one attached hydrogen (secondary N) is 1. The van der Waals surface area contributed by atoms with Crippen molar-refractivity contribution >= 4 is 29.4 Å². The number of benzene rings is 1. The van der Waals surface area contributed by atoms with Gasteiger partial charge in [-0.25, -0.2) is 9.48 Å². The molecule has 1 unspecified atom stereocenters. The molecule has 2 aromatic rings. The lowest BCUT2D eigenvalue weighted by Gasteiger charge is -2.19. The summed E-state index contributed by atoms with van der Waals surface area (Å²) in [5, 5.41) is 16.5. The summed E-state index contributed by atoms with van der Waals surface area (Å²) in [5.41, 5.74) is 1.61. The number of anilines is 1. The van der Waals surface area contributed by atoms with E-state index in [9.17, 15) is 9.59 Å². The zero-order valence-corrected chi connectivity index (χ0v) is 14.4. The number of amides is 2. The molecule has 0 saturated heterocycles. The fourth-order valence-electron chi connectivity index (χ4n) is 2.18. The average Bonchev–Trinajstić information content (AvgIpc) is 2.87. The molecule has 1 atom stereocenters. The van der Waals surface area contributed by atoms with E-state index in [0.29, 0.717) is 10.8 Å². The van der Waals surface area contributed by atoms with Gasteiger partial charge < -0.3 is 10.0 Å². The summed E-state index contributed by atoms with van der Waals surface area (Å²) in [6, 6.07) is 8.53. The van der Waals surface area contributed by atoms with Crippen LogP contribution in [0.2, 0.25) is 5.02 Å². The molecule has 0 saturated carbocycles. The molecular weight excluding hydrogens is 332 g/mol. The highest BCUT2D eigenvalue weighted by molar-refractivity contribution is 6.30. The maximum atomic E-state index is 12.1. The van der Waals surface area contributed by atoms with Crippen molar-refractivity contribution in [3.63, 3.8) is 0 Å². The van der Waals surface area contributed by atoms with Gasteiger partial charge in [-0.05, 0) is 25.1 Å². The van der Waals surface area contributed by atoms with Gasteiger partial charge in [0.15, 0.2) is 5.82 Å². The van der Waals surface area contributed by atoms with Crippen molar-refractivity contribution in [1.82, 2.24) is 14.7 Å². The van der Waals surface area contributed by atoms with Gasteiger partial charge in [0.05, 0.1) is 11.6 Å². The van der Waals surface area contributed by atoms with Crippen molar-refractivity contribution in [2.75, 3.05) is 18.9 Å². The summed E-state index contributed by atoms with van der Waals surface area (Å²) >= 11 is 5.99. The Morgan fingerprint density at radius 3 is 2.75 bits per heavy atom. The van der Waals surface area contributed by atoms with Gasteiger partial charge in [-0.15, -0.1) is 5.10 Å². The third-order valence-electron chi connectivity index (χ3n) is 3.49. The molecule has 1 heterocycles. The average molecular weight is 351 g/mol. The van der Waals surface area contributed by atoms with Crippen LogP contribution in [0.15, 0.2) is 30.3 Å². The van der Waals surface area contributed by atoms with Gasteiger partial charge in [-0.3, -0.25) is 10.1 Å². The van der Waals surface area contributed by atoms with E-state index in [4.69, 9.17) is 16.7 Å². The van der Waals surface area contributed by atoms with E-state index in [0.717, 1.165) is 11.4 Å². The lowest BCUT2D eigenvalue weighted by Crippen LogP contribution is -2.36. The van der Waals surface area contributed by atoms with Crippen LogP contribution in [-0.2, 0) is 4.79 Å². The second-order valence-electron chi connectivity index (χ2n) is 5.61. The predicted molar refractivity (Wildman–Crippen MR) is 91.8 cm³/mol. The summed E-state index contributed by atoms with van der Waals surface area (Å²) in [5.74, 6) is -1.21. The summed E-state index contributed by atoms with van der Waals surface area (Å²) in [6.45, 7) is 3.51. The van der Waals surface area contributed by atoms with Crippen LogP contribution in [0.25, 0.3) is 5.69 Å². The molecule has 0 spiro atoms. The van der Waals surface area contributed by atoms with Crippen LogP contribution in [0.1, 0.15) is 12.6 Å². The zero-order valence-electron chi connectivity index (χ0n) is 13.7. The first kappa shape index (κ1) is 17.8. The maximum absolute atomic E-state index is 12.1. The SMILES string of the molecule is Cc1cc(NC(=O)N(C)CC(C)C(=O)O)nn1-c1cccc(Cl)c1. The topological polar surface area (TPSA) is 87.5 Å². The van der Waals surface area contributed by atoms with E-state index in [1.807, 2.05) is 19.1 Å². The van der Waals surface area contributed by atoms with Crippen molar-refractivity contribution < 1.29 is 14.7 Å². The number of hydrogen-bond donors (Lipinski definition) is 2. The molecule has 0 aliphatic carbocycles. The smallest absolute Gasteiger partial charge is 0.322 e. The second-order valence-corrected chi connectivity index (χ2v) is 6.05. The molecule has 2 amide bonds. The number of rotatable bonds is 5. The molecular formula is C16H19ClN4O3. The standard InChI is InChI=1S/C16H19ClN4O3/c1-10(15(22)23)9-20(3)16(24)18-14-7-11(2)21(19-14)13-6-4-5-12(17)8-13/h4-8,10H,9H2,1-3H3,(H,22,23)(H,18,19,24). The Morgan fingerprint density at radius 2 is 2.12 bits per heavy atom. The monoisotopic (exact) mass is 350 g/mol. The van der Waals surface area contributed by atoms with Gasteiger partial charge in [0, 0.05) is 30.4 Å². The minimum atomic E-state index is -0.948. The van der Waals surface area contributed by atoms with Gasteiger partial charge in [-0.1, -0.05) is 24.6 Å². The largest absolute Gasteiger partial charge is 0.481 e. The molecule has 2 rings (SSSR count). The highest BCUT2D eigenvalue weighted by Crippen LogP contribution is 2.18. The number of aliphatic carboxylic acids is 1. The number of carbonyl (C=O) groups is 2. The normalized spacial score (nSPS) is 11.8. The number of carbonyl (C=O) groups excluding carboxylic acids is 1. The van der Waals surface area contributed by atoms with E-state index in [1.165, 1.54) is 11.9 Å². The quantitative estimate of drug-likeness (QED) is 0.867. The fourth-order valence-corrected chi connectivity index (χ4v) is 2.37. The van der Waals surface area contributed by atoms with Gasteiger partial charge in [0.25, 0.3) is 0 Å². The molecule has 1 aromatic carbocycles. The van der Waals surface area contributed by atoms with Crippen LogP contribution in [0.3, 0.4) is 0 Å². The van der Waals surface area contributed by atoms with Crippen LogP contribution >= 0.6 is 11.6 Å². The van der Waals surface area contributed by atoms with Crippen LogP contribution in [-0.4, -0.2) is 45.4 Å². The highest BCUT2D eigenvalue weighted by atomic mass is 35.5. The maximum Gasteiger partial charge on any atom is 0.322 e. The number of nitrogens with zero attached hydrogens (tertiary/aromatic N) is 3. The third kappa shape index (κ3) is 4.26. The number of aryl methyl sites for hydroxylation is 1. The number of halogens is 1. The number of carboxylic acids is 1. The Balaban J connectivity index is 2.10. The number of aromatic nitrogens is 2. The molecule has 7 nitrogen and oxygen atoms in total. The molecule has 0 fully saturated rings. The lowest BCUT2D eigenvalue weighted by molar-refractivity contribution is -0.141. The van der Waals surface area contributed by atoms with E-state index >= 15 is 0 Å². The van der Waals surface area contributed by atoms with Crippen molar-refractivity contribution in [2.45, 2.75) is 13.8 Å². The van der Waals surface area contributed by atoms with E-state index in [-0.39, 0.29) is 6.54 Å². The Labute approximate surface area is 144 Å². The summed E-state index contributed by atoms with van der Waals surface area (Å²) < 4.78 is 1.67. The first-order valence-corrected chi connectivity index (χ1v) is 7.73. The van der Waals surface area contributed by atoms with Gasteiger partial charge in [-0.2, -0.15) is 0 Å². The van der Waals surface area contributed by atoms with E-state index in [2.05, 4.69) is 10.4 Å². The summed E-state index contributed by atoms with van der Waals surface area (Å²) in [4.78, 5) is 24.3. The van der Waals surface area contributed by atoms with Crippen molar-refractivity contribution in [1.29, 1.82) is 0 Å². The molecule has 24 heavy (non-hydrogen) atoms. The first-order chi connectivity index (χ1) is 11.3. The van der Waals surface area contributed by atoms with E-state index in [1.54, 1.807) is 29.8 Å². The molecule has 0 aliphatic heterocycles. The minimum absolute atomic E-state index is 0.106. The van der Waals surface area contributed by atoms with Crippen molar-refractivity contribution in [2.24, 2.45) is 5.92 Å². The van der Waals surface area contributed by atoms with Crippen molar-refractivity contribution in [3.05, 3.63) is 41.0 Å². The van der Waals surface area contributed by atoms with Crippen LogP contribution in [0.5, 0.6) is 0 Å². The molecule has 128 valence electrons. The van der Waals surface area contributed by atoms with Gasteiger partial charge in [0.2, 0.25) is 0 Å². The van der Waals surface area contributed by atoms with Gasteiger partial charge >= 0.3 is 12.0 Å². The zero-order chi connectivity index (χ0) is 17.9. The second kappa shape index (κ2) is 7.35. The first-order valence-electron chi connectivity index (χ1n) is 7.35. The van der Waals surface area contributed by atoms with Crippen molar-refractivity contribution in [3.8, 4) is 5.69 Å². The molecule has 8 heteroatoms. The molecule has 0 radical (unpaired) electrons. The van der Waals surface area contributed by atoms with Gasteiger partial charge in [0.1, 0.15) is 0 Å². The Bertz CT molecular complexity index is 760. The Morgan fingerprint density at radius 1 is 1.42 bits per heavy atom. The number of hydrogen-bond acceptors (Lipinski definition) is 3. The lowest BCUT2D eigenvalue weighted by atomic mass is 10.2. The molecule has 0 bridgehead atoms. The highest BCUT2D eigenvalue weighted by Gasteiger charge is 2.18. The third-order valence-corrected chi connectivity index (χ3v) is 3.73. The van der Waals surface area contributed by atoms with Crippen LogP contribution in [0, 0.1) is 12.8 Å². The van der Waals surface area contributed by atoms with E-state index < -0.39 is 17.9 Å².